The maximum Gasteiger partial charge on any atom is 0.166 e. The Morgan fingerprint density at radius 3 is 2.70 bits per heavy atom. The lowest BCUT2D eigenvalue weighted by atomic mass is 10.1. The molecule has 0 radical (unpaired) electrons. The molecular formula is C6H10N2O2. The number of nitrogens with two attached hydrogens (primary N) is 1. The molecule has 0 spiro atoms. The van der Waals surface area contributed by atoms with Gasteiger partial charge in [0.1, 0.15) is 0 Å². The SMILES string of the molecule is C[C@@H](O)[C@H](N)C(=O)CC#N. The van der Waals surface area contributed by atoms with Crippen molar-refractivity contribution in [2.45, 2.75) is 25.5 Å². The van der Waals surface area contributed by atoms with E-state index in [2.05, 4.69) is 0 Å². The highest BCUT2D eigenvalue weighted by molar-refractivity contribution is 5.85. The third-order valence-electron chi connectivity index (χ3n) is 1.14. The van der Waals surface area contributed by atoms with E-state index in [1.54, 1.807) is 6.07 Å². The lowest BCUT2D eigenvalue weighted by Gasteiger charge is -2.10. The van der Waals surface area contributed by atoms with Gasteiger partial charge in [0.05, 0.1) is 24.6 Å². The van der Waals surface area contributed by atoms with Crippen molar-refractivity contribution < 1.29 is 9.90 Å². The molecule has 0 aromatic rings. The first-order valence-corrected chi connectivity index (χ1v) is 2.93. The molecule has 0 unspecified atom stereocenters. The second-order valence-electron chi connectivity index (χ2n) is 2.07. The van der Waals surface area contributed by atoms with Gasteiger partial charge in [0.2, 0.25) is 0 Å². The first kappa shape index (κ1) is 9.08. The zero-order valence-corrected chi connectivity index (χ0v) is 5.74. The van der Waals surface area contributed by atoms with Gasteiger partial charge in [-0.1, -0.05) is 0 Å². The van der Waals surface area contributed by atoms with Gasteiger partial charge in [0.25, 0.3) is 0 Å². The van der Waals surface area contributed by atoms with Crippen LogP contribution in [0.25, 0.3) is 0 Å². The van der Waals surface area contributed by atoms with Crippen LogP contribution in [0, 0.1) is 11.3 Å². The third-order valence-corrected chi connectivity index (χ3v) is 1.14. The molecule has 0 fully saturated rings. The van der Waals surface area contributed by atoms with Crippen LogP contribution in [0.3, 0.4) is 0 Å². The van der Waals surface area contributed by atoms with Crippen molar-refractivity contribution in [3.8, 4) is 6.07 Å². The number of aliphatic hydroxyl groups excluding tert-OH is 1. The van der Waals surface area contributed by atoms with Crippen LogP contribution in [-0.4, -0.2) is 23.0 Å². The zero-order chi connectivity index (χ0) is 8.15. The van der Waals surface area contributed by atoms with Crippen molar-refractivity contribution in [3.63, 3.8) is 0 Å². The van der Waals surface area contributed by atoms with Crippen molar-refractivity contribution in [1.82, 2.24) is 0 Å². The van der Waals surface area contributed by atoms with E-state index < -0.39 is 17.9 Å². The van der Waals surface area contributed by atoms with Gasteiger partial charge in [-0.25, -0.2) is 0 Å². The summed E-state index contributed by atoms with van der Waals surface area (Å²) in [6.07, 6.45) is -1.10. The van der Waals surface area contributed by atoms with Crippen LogP contribution < -0.4 is 5.73 Å². The molecule has 0 aromatic heterocycles. The fraction of sp³-hybridized carbons (Fsp3) is 0.667. The van der Waals surface area contributed by atoms with Crippen LogP contribution in [0.1, 0.15) is 13.3 Å². The van der Waals surface area contributed by atoms with E-state index in [0.29, 0.717) is 0 Å². The quantitative estimate of drug-likeness (QED) is 0.538. The summed E-state index contributed by atoms with van der Waals surface area (Å²) in [7, 11) is 0. The van der Waals surface area contributed by atoms with Gasteiger partial charge in [-0.2, -0.15) is 5.26 Å². The molecule has 56 valence electrons. The molecule has 4 nitrogen and oxygen atoms in total. The maximum absolute atomic E-state index is 10.7. The second kappa shape index (κ2) is 3.99. The highest BCUT2D eigenvalue weighted by Crippen LogP contribution is 1.93. The monoisotopic (exact) mass is 142 g/mol. The smallest absolute Gasteiger partial charge is 0.166 e. The van der Waals surface area contributed by atoms with E-state index >= 15 is 0 Å². The lowest BCUT2D eigenvalue weighted by molar-refractivity contribution is -0.121. The molecule has 0 aromatic carbocycles. The molecule has 10 heavy (non-hydrogen) atoms. The standard InChI is InChI=1S/C6H10N2O2/c1-4(9)6(8)5(10)2-3-7/h4,6,9H,2,8H2,1H3/t4-,6+/m1/s1. The molecule has 0 aliphatic rings. The molecule has 4 heteroatoms. The average Bonchev–Trinajstić information content (AvgIpc) is 1.87. The molecular weight excluding hydrogens is 132 g/mol. The maximum atomic E-state index is 10.7. The first-order valence-electron chi connectivity index (χ1n) is 2.93. The highest BCUT2D eigenvalue weighted by Gasteiger charge is 2.17. The van der Waals surface area contributed by atoms with E-state index in [1.807, 2.05) is 0 Å². The zero-order valence-electron chi connectivity index (χ0n) is 5.74. The largest absolute Gasteiger partial charge is 0.391 e. The van der Waals surface area contributed by atoms with Crippen LogP contribution in [0.4, 0.5) is 0 Å². The minimum atomic E-state index is -0.917. The van der Waals surface area contributed by atoms with Crippen molar-refractivity contribution in [2.75, 3.05) is 0 Å². The van der Waals surface area contributed by atoms with Crippen molar-refractivity contribution in [3.05, 3.63) is 0 Å². The van der Waals surface area contributed by atoms with Gasteiger partial charge in [-0.05, 0) is 6.92 Å². The van der Waals surface area contributed by atoms with E-state index in [4.69, 9.17) is 16.1 Å². The number of aliphatic hydroxyl groups is 1. The molecule has 0 amide bonds. The number of carbonyl (C=O) groups is 1. The Morgan fingerprint density at radius 2 is 2.40 bits per heavy atom. The average molecular weight is 142 g/mol. The van der Waals surface area contributed by atoms with Crippen molar-refractivity contribution in [1.29, 1.82) is 5.26 Å². The minimum Gasteiger partial charge on any atom is -0.391 e. The Hall–Kier alpha value is -0.920. The van der Waals surface area contributed by atoms with Crippen LogP contribution in [0.15, 0.2) is 0 Å². The Labute approximate surface area is 59.3 Å². The highest BCUT2D eigenvalue weighted by atomic mass is 16.3. The van der Waals surface area contributed by atoms with E-state index in [9.17, 15) is 4.79 Å². The van der Waals surface area contributed by atoms with Crippen LogP contribution in [-0.2, 0) is 4.79 Å². The molecule has 0 aliphatic carbocycles. The summed E-state index contributed by atoms with van der Waals surface area (Å²) in [5, 5.41) is 16.8. The number of ketones is 1. The number of hydrogen-bond acceptors (Lipinski definition) is 4. The summed E-state index contributed by atoms with van der Waals surface area (Å²) in [5.74, 6) is -0.419. The van der Waals surface area contributed by atoms with Gasteiger partial charge in [0, 0.05) is 0 Å². The summed E-state index contributed by atoms with van der Waals surface area (Å²) in [6.45, 7) is 1.42. The van der Waals surface area contributed by atoms with Crippen molar-refractivity contribution >= 4 is 5.78 Å². The first-order chi connectivity index (χ1) is 4.59. The Balaban J connectivity index is 3.85. The Morgan fingerprint density at radius 1 is 1.90 bits per heavy atom. The number of carbonyl (C=O) groups excluding carboxylic acids is 1. The third kappa shape index (κ3) is 2.58. The summed E-state index contributed by atoms with van der Waals surface area (Å²) in [5.41, 5.74) is 5.20. The topological polar surface area (TPSA) is 87.1 Å². The predicted octanol–water partition coefficient (Wildman–Crippen LogP) is -0.823. The summed E-state index contributed by atoms with van der Waals surface area (Å²) in [4.78, 5) is 10.7. The summed E-state index contributed by atoms with van der Waals surface area (Å²) >= 11 is 0. The van der Waals surface area contributed by atoms with E-state index in [1.165, 1.54) is 6.92 Å². The lowest BCUT2D eigenvalue weighted by Crippen LogP contribution is -2.39. The Bertz CT molecular complexity index is 160. The normalized spacial score (nSPS) is 15.4. The van der Waals surface area contributed by atoms with E-state index in [-0.39, 0.29) is 6.42 Å². The molecule has 0 bridgehead atoms. The number of rotatable bonds is 3. The molecule has 3 N–H and O–H groups in total. The number of Topliss-reactive ketones (excluding diaryl/α,β-unsaturated/α-hetero) is 1. The molecule has 0 saturated heterocycles. The van der Waals surface area contributed by atoms with Gasteiger partial charge in [0.15, 0.2) is 5.78 Å². The molecule has 0 heterocycles. The second-order valence-corrected chi connectivity index (χ2v) is 2.07. The molecule has 2 atom stereocenters. The molecule has 0 aliphatic heterocycles. The van der Waals surface area contributed by atoms with Crippen molar-refractivity contribution in [2.24, 2.45) is 5.73 Å². The molecule has 0 saturated carbocycles. The van der Waals surface area contributed by atoms with Gasteiger partial charge in [-0.15, -0.1) is 0 Å². The van der Waals surface area contributed by atoms with E-state index in [0.717, 1.165) is 0 Å². The van der Waals surface area contributed by atoms with Crippen LogP contribution >= 0.6 is 0 Å². The summed E-state index contributed by atoms with van der Waals surface area (Å²) in [6, 6.07) is 0.746. The predicted molar refractivity (Wildman–Crippen MR) is 34.9 cm³/mol. The minimum absolute atomic E-state index is 0.230. The van der Waals surface area contributed by atoms with Gasteiger partial charge < -0.3 is 10.8 Å². The Kier molecular flexibility index (Phi) is 3.62. The van der Waals surface area contributed by atoms with Crippen LogP contribution in [0.5, 0.6) is 0 Å². The number of hydrogen-bond donors (Lipinski definition) is 2. The van der Waals surface area contributed by atoms with Crippen LogP contribution in [0.2, 0.25) is 0 Å². The fourth-order valence-corrected chi connectivity index (χ4v) is 0.465. The number of nitriles is 1. The fourth-order valence-electron chi connectivity index (χ4n) is 0.465. The molecule has 0 rings (SSSR count). The van der Waals surface area contributed by atoms with Gasteiger partial charge >= 0.3 is 0 Å². The summed E-state index contributed by atoms with van der Waals surface area (Å²) < 4.78 is 0. The van der Waals surface area contributed by atoms with Gasteiger partial charge in [-0.3, -0.25) is 4.79 Å². The number of nitrogens with zero attached hydrogens (tertiary/aromatic N) is 1.